The summed E-state index contributed by atoms with van der Waals surface area (Å²) in [4.78, 5) is 39.4. The number of benzene rings is 2. The summed E-state index contributed by atoms with van der Waals surface area (Å²) in [6.07, 6.45) is -0.779. The molecule has 5 N–H and O–H groups in total. The first-order valence-corrected chi connectivity index (χ1v) is 11.9. The smallest absolute Gasteiger partial charge is 0.198 e. The Bertz CT molecular complexity index is 1320. The standard InChI is InChI=1S/C27H28NO8.Re.Rf/c1-11-5-4-6-15-19(11)25(32)22-21(23(15)30)24(31)16-9-27(34,13(3)29)10-17(20(16)26(22)33)36-18-8-14(28)7-12(2)35-18;;/h4-7,12,14,17-18,31,33-34H,8-10,28H2,1-3H3;;/q-1;;/t12?,14?,17-,18?,27-;;/m0../s1. The molecule has 3 unspecified atom stereocenters. The van der Waals surface area contributed by atoms with Crippen LogP contribution in [0.15, 0.2) is 18.2 Å². The third-order valence-electron chi connectivity index (χ3n) is 7.42. The largest absolute Gasteiger partial charge is 0.507 e. The summed E-state index contributed by atoms with van der Waals surface area (Å²) in [5.41, 5.74) is 4.33. The SMILES string of the molecule is CC(=O)[C@]1(O)Cc2c(O)c3c(c(O)c2[C@@H](OC2CC(N)[CH-]C(C)O2)C1)C(=O)c1c(C)cccc1C3=O.[Re].[Rf]. The van der Waals surface area contributed by atoms with Crippen molar-refractivity contribution in [3.63, 3.8) is 0 Å². The number of aryl methyl sites for hydroxylation is 1. The maximum Gasteiger partial charge on any atom is 0.198 e. The van der Waals surface area contributed by atoms with Crippen LogP contribution in [0.5, 0.6) is 11.5 Å². The molecule has 0 spiro atoms. The van der Waals surface area contributed by atoms with Crippen molar-refractivity contribution in [1.29, 1.82) is 0 Å². The summed E-state index contributed by atoms with van der Waals surface area (Å²) in [7, 11) is 0. The van der Waals surface area contributed by atoms with Gasteiger partial charge in [-0.1, -0.05) is 31.2 Å². The van der Waals surface area contributed by atoms with Crippen LogP contribution in [0.2, 0.25) is 0 Å². The summed E-state index contributed by atoms with van der Waals surface area (Å²) in [5.74, 6) is -2.86. The maximum atomic E-state index is 13.5. The van der Waals surface area contributed by atoms with Crippen molar-refractivity contribution in [2.24, 2.45) is 5.73 Å². The Hall–Kier alpha value is -3.45. The average Bonchev–Trinajstić information content (AvgIpc) is 2.78. The summed E-state index contributed by atoms with van der Waals surface area (Å²) >= 11 is 0. The van der Waals surface area contributed by atoms with Gasteiger partial charge in [-0.15, -0.1) is 6.04 Å². The van der Waals surface area contributed by atoms with Crippen LogP contribution in [-0.4, -0.2) is 56.7 Å². The van der Waals surface area contributed by atoms with Gasteiger partial charge in [0.15, 0.2) is 23.6 Å². The van der Waals surface area contributed by atoms with Gasteiger partial charge in [-0.25, -0.2) is 0 Å². The first kappa shape index (κ1) is 29.1. The number of rotatable bonds is 3. The molecule has 1 aliphatic heterocycles. The van der Waals surface area contributed by atoms with Gasteiger partial charge in [0.1, 0.15) is 17.1 Å². The zero-order valence-corrected chi connectivity index (χ0v) is 30.4. The number of hydrogen-bond donors (Lipinski definition) is 4. The van der Waals surface area contributed by atoms with Gasteiger partial charge in [0.25, 0.3) is 0 Å². The van der Waals surface area contributed by atoms with E-state index in [-0.39, 0.29) is 85.2 Å². The van der Waals surface area contributed by atoms with E-state index < -0.39 is 46.8 Å². The molecule has 5 rings (SSSR count). The zero-order chi connectivity index (χ0) is 26.1. The second-order valence-electron chi connectivity index (χ2n) is 9.95. The van der Waals surface area contributed by atoms with E-state index in [1.54, 1.807) is 26.0 Å². The van der Waals surface area contributed by atoms with E-state index in [4.69, 9.17) is 15.2 Å². The first-order valence-electron chi connectivity index (χ1n) is 11.9. The molecule has 0 amide bonds. The van der Waals surface area contributed by atoms with Gasteiger partial charge < -0.3 is 30.5 Å². The number of aromatic hydroxyl groups is 2. The van der Waals surface area contributed by atoms with Crippen LogP contribution in [0.3, 0.4) is 0 Å². The Balaban J connectivity index is 0.00000200. The topological polar surface area (TPSA) is 156 Å². The monoisotopic (exact) mass is 948 g/mol. The molecule has 1 heterocycles. The summed E-state index contributed by atoms with van der Waals surface area (Å²) in [5, 5.41) is 33.9. The van der Waals surface area contributed by atoms with Crippen molar-refractivity contribution < 1.29 is 59.6 Å². The fourth-order valence-electron chi connectivity index (χ4n) is 5.60. The number of carbonyl (C=O) groups excluding carboxylic acids is 3. The van der Waals surface area contributed by atoms with E-state index >= 15 is 0 Å². The van der Waals surface area contributed by atoms with Gasteiger partial charge >= 0.3 is 0 Å². The minimum atomic E-state index is -1.93. The molecule has 9 nitrogen and oxygen atoms in total. The van der Waals surface area contributed by atoms with Crippen molar-refractivity contribution in [3.05, 3.63) is 63.6 Å². The van der Waals surface area contributed by atoms with Crippen LogP contribution < -0.4 is 5.73 Å². The molecule has 2 aromatic rings. The molecule has 3 aliphatic rings. The number of ether oxygens (including phenoxy) is 2. The van der Waals surface area contributed by atoms with Gasteiger partial charge in [0.2, 0.25) is 0 Å². The number of phenols is 2. The molecule has 11 heteroatoms. The Kier molecular flexibility index (Phi) is 7.68. The van der Waals surface area contributed by atoms with Crippen molar-refractivity contribution in [1.82, 2.24) is 0 Å². The molecule has 0 bridgehead atoms. The van der Waals surface area contributed by atoms with Gasteiger partial charge in [-0.05, 0) is 25.8 Å². The Labute approximate surface area is 227 Å². The van der Waals surface area contributed by atoms with Crippen molar-refractivity contribution >= 4 is 17.3 Å². The zero-order valence-electron chi connectivity index (χ0n) is 21.3. The minimum Gasteiger partial charge on any atom is -0.507 e. The Morgan fingerprint density at radius 3 is 2.45 bits per heavy atom. The first-order chi connectivity index (χ1) is 16.9. The van der Waals surface area contributed by atoms with E-state index in [9.17, 15) is 29.7 Å². The predicted molar refractivity (Wildman–Crippen MR) is 127 cm³/mol. The predicted octanol–water partition coefficient (Wildman–Crippen LogP) is 2.17. The number of Topliss-reactive ketones (excluding diaryl/α,β-unsaturated/α-hetero) is 1. The van der Waals surface area contributed by atoms with Gasteiger partial charge in [0, 0.05) is 55.5 Å². The number of phenolic OH excluding ortho intramolecular Hbond substituents is 2. The van der Waals surface area contributed by atoms with Crippen LogP contribution in [0.4, 0.5) is 0 Å². The van der Waals surface area contributed by atoms with E-state index in [2.05, 4.69) is 0 Å². The normalized spacial score (nSPS) is 27.8. The number of aliphatic hydroxyl groups is 1. The van der Waals surface area contributed by atoms with Crippen molar-refractivity contribution in [2.75, 3.05) is 0 Å². The molecule has 2 aliphatic carbocycles. The summed E-state index contributed by atoms with van der Waals surface area (Å²) in [6.45, 7) is 4.69. The van der Waals surface area contributed by atoms with Gasteiger partial charge in [-0.3, -0.25) is 20.8 Å². The third kappa shape index (κ3) is 4.33. The second kappa shape index (κ2) is 10.0. The third-order valence-corrected chi connectivity index (χ3v) is 7.42. The van der Waals surface area contributed by atoms with E-state index in [0.29, 0.717) is 5.56 Å². The fraction of sp³-hybridized carbons (Fsp3) is 0.407. The molecule has 0 saturated carbocycles. The molecule has 1 fully saturated rings. The van der Waals surface area contributed by atoms with Gasteiger partial charge in [-0.2, -0.15) is 0 Å². The number of nitrogens with two attached hydrogens (primary N) is 1. The molecule has 0 aromatic heterocycles. The molecular formula is C27H28NO8ReRf-. The van der Waals surface area contributed by atoms with Gasteiger partial charge in [0.05, 0.1) is 17.2 Å². The summed E-state index contributed by atoms with van der Waals surface area (Å²) < 4.78 is 11.9. The average molecular weight is 948 g/mol. The van der Waals surface area contributed by atoms with Crippen LogP contribution in [0.1, 0.15) is 81.3 Å². The van der Waals surface area contributed by atoms with Crippen molar-refractivity contribution in [2.45, 2.75) is 70.2 Å². The number of hydrogen-bond acceptors (Lipinski definition) is 9. The number of ketones is 3. The molecule has 199 valence electrons. The molecule has 1 radical (unpaired) electrons. The molecule has 38 heavy (non-hydrogen) atoms. The van der Waals surface area contributed by atoms with Crippen LogP contribution in [0.25, 0.3) is 0 Å². The van der Waals surface area contributed by atoms with E-state index in [0.717, 1.165) is 0 Å². The summed E-state index contributed by atoms with van der Waals surface area (Å²) in [6, 6.07) is 4.48. The number of carbonyl (C=O) groups is 3. The van der Waals surface area contributed by atoms with Crippen LogP contribution in [0, 0.1) is 13.3 Å². The maximum absolute atomic E-state index is 13.5. The van der Waals surface area contributed by atoms with Crippen LogP contribution >= 0.6 is 0 Å². The van der Waals surface area contributed by atoms with Crippen molar-refractivity contribution in [3.8, 4) is 11.5 Å². The molecule has 2 aromatic carbocycles. The quantitative estimate of drug-likeness (QED) is 0.229. The second-order valence-corrected chi connectivity index (χ2v) is 9.95. The Morgan fingerprint density at radius 1 is 1.16 bits per heavy atom. The van der Waals surface area contributed by atoms with Crippen LogP contribution in [-0.2, 0) is 41.1 Å². The molecule has 5 atom stereocenters. The van der Waals surface area contributed by atoms with E-state index in [1.165, 1.54) is 13.0 Å². The number of fused-ring (bicyclic) bond motifs is 3. The Morgan fingerprint density at radius 2 is 1.82 bits per heavy atom. The minimum absolute atomic E-state index is 0. The fourth-order valence-corrected chi connectivity index (χ4v) is 5.60. The van der Waals surface area contributed by atoms with E-state index in [1.807, 2.05) is 6.42 Å². The molecule has 1 saturated heterocycles. The molecular weight excluding hydrogens is 920 g/mol.